The van der Waals surface area contributed by atoms with Gasteiger partial charge in [0.05, 0.1) is 5.56 Å². The highest BCUT2D eigenvalue weighted by atomic mass is 19.4. The molecule has 1 aliphatic rings. The van der Waals surface area contributed by atoms with Crippen molar-refractivity contribution in [3.63, 3.8) is 0 Å². The van der Waals surface area contributed by atoms with Gasteiger partial charge in [0.25, 0.3) is 0 Å². The van der Waals surface area contributed by atoms with Crippen LogP contribution in [-0.2, 0) is 17.4 Å². The molecule has 0 saturated carbocycles. The van der Waals surface area contributed by atoms with Crippen molar-refractivity contribution >= 4 is 28.2 Å². The van der Waals surface area contributed by atoms with E-state index < -0.39 is 30.0 Å². The summed E-state index contributed by atoms with van der Waals surface area (Å²) in [6.07, 6.45) is -6.18. The molecular weight excluding hydrogens is 493 g/mol. The van der Waals surface area contributed by atoms with Crippen LogP contribution in [0.2, 0.25) is 0 Å². The van der Waals surface area contributed by atoms with Gasteiger partial charge in [-0.3, -0.25) is 9.69 Å². The molecule has 2 N–H and O–H groups in total. The molecule has 0 bridgehead atoms. The number of piperazine rings is 1. The molecule has 2 aromatic carbocycles. The molecule has 1 fully saturated rings. The van der Waals surface area contributed by atoms with Crippen molar-refractivity contribution in [3.05, 3.63) is 59.8 Å². The minimum absolute atomic E-state index is 0.0247. The number of alkyl halides is 7. The summed E-state index contributed by atoms with van der Waals surface area (Å²) in [6, 6.07) is 9.60. The van der Waals surface area contributed by atoms with Gasteiger partial charge in [-0.15, -0.1) is 0 Å². The molecule has 0 atom stereocenters. The van der Waals surface area contributed by atoms with E-state index in [1.54, 1.807) is 18.3 Å². The Hall–Kier alpha value is -3.28. The molecular formula is C24H23F7N4O. The summed E-state index contributed by atoms with van der Waals surface area (Å²) in [7, 11) is 0. The van der Waals surface area contributed by atoms with Crippen molar-refractivity contribution in [1.29, 1.82) is 0 Å². The number of aromatic nitrogens is 1. The second kappa shape index (κ2) is 10.00. The number of benzene rings is 2. The van der Waals surface area contributed by atoms with Crippen molar-refractivity contribution in [2.24, 2.45) is 0 Å². The number of rotatable bonds is 7. The summed E-state index contributed by atoms with van der Waals surface area (Å²) in [4.78, 5) is 18.7. The lowest BCUT2D eigenvalue weighted by Crippen LogP contribution is -2.47. The smallest absolute Gasteiger partial charge is 0.369 e. The molecule has 0 aliphatic carbocycles. The van der Waals surface area contributed by atoms with Crippen LogP contribution in [0.4, 0.5) is 42.1 Å². The lowest BCUT2D eigenvalue weighted by atomic mass is 10.1. The molecule has 194 valence electrons. The van der Waals surface area contributed by atoms with Gasteiger partial charge in [-0.05, 0) is 48.4 Å². The van der Waals surface area contributed by atoms with E-state index >= 15 is 0 Å². The number of hydrogen-bond acceptors (Lipinski definition) is 3. The number of anilines is 2. The number of hydrogen-bond donors (Lipinski definition) is 2. The molecule has 0 radical (unpaired) electrons. The molecule has 0 spiro atoms. The van der Waals surface area contributed by atoms with E-state index in [2.05, 4.69) is 9.88 Å². The zero-order valence-corrected chi connectivity index (χ0v) is 18.9. The van der Waals surface area contributed by atoms with Gasteiger partial charge in [-0.25, -0.2) is 8.78 Å². The van der Waals surface area contributed by atoms with Gasteiger partial charge in [0.1, 0.15) is 0 Å². The van der Waals surface area contributed by atoms with Crippen molar-refractivity contribution in [2.45, 2.75) is 24.9 Å². The Morgan fingerprint density at radius 3 is 2.39 bits per heavy atom. The van der Waals surface area contributed by atoms with Crippen LogP contribution in [0.1, 0.15) is 11.1 Å². The highest BCUT2D eigenvalue weighted by molar-refractivity contribution is 5.98. The minimum Gasteiger partial charge on any atom is -0.369 e. The van der Waals surface area contributed by atoms with Gasteiger partial charge in [-0.1, -0.05) is 6.07 Å². The van der Waals surface area contributed by atoms with E-state index in [1.165, 1.54) is 18.2 Å². The summed E-state index contributed by atoms with van der Waals surface area (Å²) >= 11 is 0. The third kappa shape index (κ3) is 5.58. The number of carbonyl (C=O) groups excluding carboxylic acids is 1. The van der Waals surface area contributed by atoms with Crippen LogP contribution in [0.25, 0.3) is 10.9 Å². The van der Waals surface area contributed by atoms with Gasteiger partial charge in [0, 0.05) is 61.2 Å². The van der Waals surface area contributed by atoms with E-state index in [4.69, 9.17) is 0 Å². The first-order chi connectivity index (χ1) is 16.9. The first kappa shape index (κ1) is 25.8. The maximum Gasteiger partial charge on any atom is 0.416 e. The number of halogens is 7. The number of H-pyrrole nitrogens is 1. The Morgan fingerprint density at radius 2 is 1.72 bits per heavy atom. The van der Waals surface area contributed by atoms with Crippen molar-refractivity contribution < 1.29 is 35.5 Å². The largest absolute Gasteiger partial charge is 0.416 e. The maximum absolute atomic E-state index is 13.3. The predicted molar refractivity (Wildman–Crippen MR) is 122 cm³/mol. The average molecular weight is 516 g/mol. The number of aromatic amines is 1. The Bertz CT molecular complexity index is 1220. The Balaban J connectivity index is 1.36. The van der Waals surface area contributed by atoms with Gasteiger partial charge < -0.3 is 15.2 Å². The van der Waals surface area contributed by atoms with E-state index in [-0.39, 0.29) is 5.69 Å². The SMILES string of the molecule is O=C(Nc1ccc2[nH]cc(CCN3CCN(c4cccc(C(F)(F)F)c4)CC3)c2c1)C(F)(F)C(F)F. The number of amides is 1. The van der Waals surface area contributed by atoms with Crippen LogP contribution in [0.3, 0.4) is 0 Å². The average Bonchev–Trinajstić information content (AvgIpc) is 3.24. The van der Waals surface area contributed by atoms with Crippen molar-refractivity contribution in [3.8, 4) is 0 Å². The van der Waals surface area contributed by atoms with Crippen LogP contribution in [0.5, 0.6) is 0 Å². The fourth-order valence-electron chi connectivity index (χ4n) is 4.16. The molecule has 3 aromatic rings. The van der Waals surface area contributed by atoms with E-state index in [1.807, 2.05) is 10.2 Å². The van der Waals surface area contributed by atoms with Gasteiger partial charge >= 0.3 is 24.4 Å². The molecule has 1 saturated heterocycles. The lowest BCUT2D eigenvalue weighted by molar-refractivity contribution is -0.163. The topological polar surface area (TPSA) is 51.4 Å². The van der Waals surface area contributed by atoms with Crippen LogP contribution in [0, 0.1) is 0 Å². The standard InChI is InChI=1S/C24H23F7N4O/c25-21(26)23(27,28)22(36)33-17-4-5-20-19(13-17)15(14-32-20)6-7-34-8-10-35(11-9-34)18-3-1-2-16(12-18)24(29,30)31/h1-5,12-14,21,32H,6-11H2,(H,33,36). The normalized spacial score (nSPS) is 15.6. The van der Waals surface area contributed by atoms with Crippen LogP contribution in [0.15, 0.2) is 48.7 Å². The van der Waals surface area contributed by atoms with E-state index in [0.717, 1.165) is 17.7 Å². The second-order valence-electron chi connectivity index (χ2n) is 8.58. The third-order valence-electron chi connectivity index (χ3n) is 6.21. The minimum atomic E-state index is -4.80. The number of nitrogens with one attached hydrogen (secondary N) is 2. The van der Waals surface area contributed by atoms with E-state index in [9.17, 15) is 35.5 Å². The molecule has 1 amide bonds. The first-order valence-corrected chi connectivity index (χ1v) is 11.2. The fourth-order valence-corrected chi connectivity index (χ4v) is 4.16. The molecule has 12 heteroatoms. The van der Waals surface area contributed by atoms with Crippen LogP contribution >= 0.6 is 0 Å². The maximum atomic E-state index is 13.3. The zero-order valence-electron chi connectivity index (χ0n) is 18.9. The number of fused-ring (bicyclic) bond motifs is 1. The molecule has 4 rings (SSSR count). The summed E-state index contributed by atoms with van der Waals surface area (Å²) < 4.78 is 90.4. The Labute approximate surface area is 201 Å². The van der Waals surface area contributed by atoms with Gasteiger partial charge in [0.2, 0.25) is 0 Å². The summed E-state index contributed by atoms with van der Waals surface area (Å²) in [6.45, 7) is 3.04. The molecule has 36 heavy (non-hydrogen) atoms. The Morgan fingerprint density at radius 1 is 1.00 bits per heavy atom. The molecule has 2 heterocycles. The van der Waals surface area contributed by atoms with Crippen LogP contribution in [-0.4, -0.2) is 60.9 Å². The first-order valence-electron chi connectivity index (χ1n) is 11.2. The zero-order chi connectivity index (χ0) is 26.1. The molecule has 1 aliphatic heterocycles. The third-order valence-corrected chi connectivity index (χ3v) is 6.21. The summed E-state index contributed by atoms with van der Waals surface area (Å²) in [5, 5.41) is 2.51. The monoisotopic (exact) mass is 516 g/mol. The van der Waals surface area contributed by atoms with Crippen LogP contribution < -0.4 is 10.2 Å². The quantitative estimate of drug-likeness (QED) is 0.414. The Kier molecular flexibility index (Phi) is 7.17. The second-order valence-corrected chi connectivity index (χ2v) is 8.58. The highest BCUT2D eigenvalue weighted by Gasteiger charge is 2.49. The lowest BCUT2D eigenvalue weighted by Gasteiger charge is -2.36. The summed E-state index contributed by atoms with van der Waals surface area (Å²) in [5.74, 6) is -6.88. The van der Waals surface area contributed by atoms with E-state index in [0.29, 0.717) is 55.7 Å². The number of carbonyl (C=O) groups is 1. The van der Waals surface area contributed by atoms with Gasteiger partial charge in [0.15, 0.2) is 0 Å². The number of nitrogens with zero attached hydrogens (tertiary/aromatic N) is 2. The van der Waals surface area contributed by atoms with Gasteiger partial charge in [-0.2, -0.15) is 22.0 Å². The fraction of sp³-hybridized carbons (Fsp3) is 0.375. The molecule has 0 unspecified atom stereocenters. The molecule has 5 nitrogen and oxygen atoms in total. The summed E-state index contributed by atoms with van der Waals surface area (Å²) in [5.41, 5.74) is 1.35. The predicted octanol–water partition coefficient (Wildman–Crippen LogP) is 5.39. The highest BCUT2D eigenvalue weighted by Crippen LogP contribution is 2.32. The molecule has 1 aromatic heterocycles. The van der Waals surface area contributed by atoms with Crippen molar-refractivity contribution in [2.75, 3.05) is 42.9 Å². The van der Waals surface area contributed by atoms with Crippen molar-refractivity contribution in [1.82, 2.24) is 9.88 Å².